The largest absolute Gasteiger partial charge is 0.364 e. The second kappa shape index (κ2) is 4.90. The molecular weight excluding hydrogens is 231 g/mol. The number of rotatable bonds is 4. The van der Waals surface area contributed by atoms with Crippen molar-refractivity contribution in [2.45, 2.75) is 31.3 Å². The van der Waals surface area contributed by atoms with Crippen molar-refractivity contribution in [3.63, 3.8) is 0 Å². The standard InChI is InChI=1S/C14H15FN2O/c15-12-3-1-10(2-4-12)11-7-14(8-11)16-9-13-5-6-18-17-13/h1-6,11,14,16H,7-9H2. The molecule has 1 saturated carbocycles. The average Bonchev–Trinajstić information content (AvgIpc) is 2.82. The van der Waals surface area contributed by atoms with Crippen molar-refractivity contribution >= 4 is 0 Å². The van der Waals surface area contributed by atoms with E-state index in [1.165, 1.54) is 17.7 Å². The molecule has 1 aromatic carbocycles. The van der Waals surface area contributed by atoms with Crippen LogP contribution in [0.15, 0.2) is 41.1 Å². The van der Waals surface area contributed by atoms with E-state index in [4.69, 9.17) is 4.52 Å². The Bertz CT molecular complexity index is 489. The van der Waals surface area contributed by atoms with Gasteiger partial charge in [-0.2, -0.15) is 0 Å². The molecule has 0 unspecified atom stereocenters. The van der Waals surface area contributed by atoms with Gasteiger partial charge >= 0.3 is 0 Å². The van der Waals surface area contributed by atoms with E-state index in [1.807, 2.05) is 18.2 Å². The number of nitrogens with one attached hydrogen (secondary N) is 1. The van der Waals surface area contributed by atoms with Gasteiger partial charge in [0.2, 0.25) is 0 Å². The minimum Gasteiger partial charge on any atom is -0.364 e. The Morgan fingerprint density at radius 2 is 2.00 bits per heavy atom. The number of halogens is 1. The SMILES string of the molecule is Fc1ccc(C2CC(NCc3ccon3)C2)cc1. The summed E-state index contributed by atoms with van der Waals surface area (Å²) in [6, 6.07) is 9.22. The summed E-state index contributed by atoms with van der Waals surface area (Å²) in [7, 11) is 0. The number of hydrogen-bond donors (Lipinski definition) is 1. The maximum Gasteiger partial charge on any atom is 0.124 e. The molecule has 0 amide bonds. The van der Waals surface area contributed by atoms with Crippen molar-refractivity contribution in [1.29, 1.82) is 0 Å². The van der Waals surface area contributed by atoms with Crippen LogP contribution in [0.4, 0.5) is 4.39 Å². The Morgan fingerprint density at radius 1 is 1.22 bits per heavy atom. The molecule has 3 rings (SSSR count). The Kier molecular flexibility index (Phi) is 3.11. The van der Waals surface area contributed by atoms with E-state index in [0.717, 1.165) is 25.1 Å². The zero-order valence-corrected chi connectivity index (χ0v) is 9.97. The third-order valence-electron chi connectivity index (χ3n) is 3.54. The second-order valence-electron chi connectivity index (χ2n) is 4.79. The monoisotopic (exact) mass is 246 g/mol. The molecule has 0 radical (unpaired) electrons. The number of aromatic nitrogens is 1. The molecule has 4 heteroatoms. The van der Waals surface area contributed by atoms with Gasteiger partial charge in [0.1, 0.15) is 12.1 Å². The van der Waals surface area contributed by atoms with Crippen LogP contribution < -0.4 is 5.32 Å². The molecule has 1 aliphatic carbocycles. The fourth-order valence-electron chi connectivity index (χ4n) is 2.37. The summed E-state index contributed by atoms with van der Waals surface area (Å²) in [6.07, 6.45) is 3.78. The van der Waals surface area contributed by atoms with Crippen LogP contribution in [0, 0.1) is 5.82 Å². The molecule has 3 nitrogen and oxygen atoms in total. The highest BCUT2D eigenvalue weighted by Crippen LogP contribution is 2.36. The Balaban J connectivity index is 1.47. The lowest BCUT2D eigenvalue weighted by Gasteiger charge is -2.36. The maximum atomic E-state index is 12.8. The highest BCUT2D eigenvalue weighted by atomic mass is 19.1. The summed E-state index contributed by atoms with van der Waals surface area (Å²) in [5, 5.41) is 7.29. The first-order valence-corrected chi connectivity index (χ1v) is 6.19. The zero-order chi connectivity index (χ0) is 12.4. The van der Waals surface area contributed by atoms with Gasteiger partial charge in [0.05, 0.1) is 5.69 Å². The lowest BCUT2D eigenvalue weighted by molar-refractivity contribution is 0.286. The van der Waals surface area contributed by atoms with Gasteiger partial charge < -0.3 is 9.84 Å². The minimum atomic E-state index is -0.168. The van der Waals surface area contributed by atoms with E-state index in [9.17, 15) is 4.39 Å². The van der Waals surface area contributed by atoms with Crippen LogP contribution >= 0.6 is 0 Å². The number of benzene rings is 1. The van der Waals surface area contributed by atoms with Crippen LogP contribution in [0.3, 0.4) is 0 Å². The highest BCUT2D eigenvalue weighted by Gasteiger charge is 2.29. The fourth-order valence-corrected chi connectivity index (χ4v) is 2.37. The molecule has 94 valence electrons. The smallest absolute Gasteiger partial charge is 0.124 e. The topological polar surface area (TPSA) is 38.1 Å². The zero-order valence-electron chi connectivity index (χ0n) is 9.97. The Hall–Kier alpha value is -1.68. The molecule has 0 saturated heterocycles. The third-order valence-corrected chi connectivity index (χ3v) is 3.54. The van der Waals surface area contributed by atoms with Gasteiger partial charge in [-0.15, -0.1) is 0 Å². The summed E-state index contributed by atoms with van der Waals surface area (Å²) < 4.78 is 17.6. The van der Waals surface area contributed by atoms with Gasteiger partial charge in [0.25, 0.3) is 0 Å². The molecule has 0 atom stereocenters. The van der Waals surface area contributed by atoms with E-state index in [2.05, 4.69) is 10.5 Å². The molecule has 2 aromatic rings. The van der Waals surface area contributed by atoms with Crippen LogP contribution in [0.5, 0.6) is 0 Å². The molecule has 1 fully saturated rings. The highest BCUT2D eigenvalue weighted by molar-refractivity contribution is 5.23. The lowest BCUT2D eigenvalue weighted by atomic mass is 9.76. The van der Waals surface area contributed by atoms with E-state index >= 15 is 0 Å². The first-order chi connectivity index (χ1) is 8.81. The van der Waals surface area contributed by atoms with E-state index < -0.39 is 0 Å². The van der Waals surface area contributed by atoms with Gasteiger partial charge in [0, 0.05) is 18.7 Å². The molecule has 0 spiro atoms. The molecule has 18 heavy (non-hydrogen) atoms. The van der Waals surface area contributed by atoms with Gasteiger partial charge in [0.15, 0.2) is 0 Å². The molecule has 0 bridgehead atoms. The summed E-state index contributed by atoms with van der Waals surface area (Å²) in [5.41, 5.74) is 2.16. The van der Waals surface area contributed by atoms with Crippen LogP contribution in [0.25, 0.3) is 0 Å². The molecule has 1 aliphatic rings. The summed E-state index contributed by atoms with van der Waals surface area (Å²) in [6.45, 7) is 0.747. The van der Waals surface area contributed by atoms with Crippen LogP contribution in [-0.4, -0.2) is 11.2 Å². The first-order valence-electron chi connectivity index (χ1n) is 6.19. The summed E-state index contributed by atoms with van der Waals surface area (Å²) >= 11 is 0. The molecular formula is C14H15FN2O. The predicted molar refractivity (Wildman–Crippen MR) is 65.5 cm³/mol. The normalized spacial score (nSPS) is 22.7. The Morgan fingerprint density at radius 3 is 2.67 bits per heavy atom. The van der Waals surface area contributed by atoms with Crippen LogP contribution in [-0.2, 0) is 6.54 Å². The average molecular weight is 246 g/mol. The van der Waals surface area contributed by atoms with Gasteiger partial charge in [-0.3, -0.25) is 0 Å². The summed E-state index contributed by atoms with van der Waals surface area (Å²) in [4.78, 5) is 0. The van der Waals surface area contributed by atoms with Crippen molar-refractivity contribution in [1.82, 2.24) is 10.5 Å². The van der Waals surface area contributed by atoms with Crippen molar-refractivity contribution in [2.24, 2.45) is 0 Å². The molecule has 1 aromatic heterocycles. The predicted octanol–water partition coefficient (Wildman–Crippen LogP) is 2.85. The van der Waals surface area contributed by atoms with E-state index in [1.54, 1.807) is 6.26 Å². The molecule has 0 aliphatic heterocycles. The van der Waals surface area contributed by atoms with Crippen molar-refractivity contribution in [3.05, 3.63) is 53.7 Å². The van der Waals surface area contributed by atoms with Gasteiger partial charge in [-0.25, -0.2) is 4.39 Å². The van der Waals surface area contributed by atoms with Crippen molar-refractivity contribution < 1.29 is 8.91 Å². The van der Waals surface area contributed by atoms with E-state index in [-0.39, 0.29) is 5.82 Å². The van der Waals surface area contributed by atoms with Crippen molar-refractivity contribution in [2.75, 3.05) is 0 Å². The first kappa shape index (κ1) is 11.4. The maximum absolute atomic E-state index is 12.8. The second-order valence-corrected chi connectivity index (χ2v) is 4.79. The third kappa shape index (κ3) is 2.43. The van der Waals surface area contributed by atoms with Gasteiger partial charge in [-0.1, -0.05) is 17.3 Å². The molecule has 1 N–H and O–H groups in total. The van der Waals surface area contributed by atoms with Crippen LogP contribution in [0.1, 0.15) is 30.0 Å². The fraction of sp³-hybridized carbons (Fsp3) is 0.357. The van der Waals surface area contributed by atoms with E-state index in [0.29, 0.717) is 12.0 Å². The minimum absolute atomic E-state index is 0.168. The van der Waals surface area contributed by atoms with Crippen molar-refractivity contribution in [3.8, 4) is 0 Å². The summed E-state index contributed by atoms with van der Waals surface area (Å²) in [5.74, 6) is 0.388. The lowest BCUT2D eigenvalue weighted by Crippen LogP contribution is -2.39. The Labute approximate surface area is 105 Å². The quantitative estimate of drug-likeness (QED) is 0.901. The number of hydrogen-bond acceptors (Lipinski definition) is 3. The molecule has 1 heterocycles. The number of nitrogens with zero attached hydrogens (tertiary/aromatic N) is 1. The van der Waals surface area contributed by atoms with Gasteiger partial charge in [-0.05, 0) is 36.5 Å². The van der Waals surface area contributed by atoms with Crippen LogP contribution in [0.2, 0.25) is 0 Å².